The Hall–Kier alpha value is -3.88. The second-order valence-corrected chi connectivity index (χ2v) is 6.23. The molecule has 9 heteroatoms. The Morgan fingerprint density at radius 3 is 2.45 bits per heavy atom. The Kier molecular flexibility index (Phi) is 5.77. The second-order valence-electron chi connectivity index (χ2n) is 6.23. The van der Waals surface area contributed by atoms with Crippen molar-refractivity contribution in [3.63, 3.8) is 0 Å². The van der Waals surface area contributed by atoms with E-state index >= 15 is 0 Å². The van der Waals surface area contributed by atoms with Crippen LogP contribution in [0.4, 0.5) is 10.2 Å². The third-order valence-corrected chi connectivity index (χ3v) is 3.98. The van der Waals surface area contributed by atoms with Gasteiger partial charge in [-0.25, -0.2) is 9.97 Å². The summed E-state index contributed by atoms with van der Waals surface area (Å²) >= 11 is 0. The number of hydrogen-bond donors (Lipinski definition) is 2. The number of carbonyl (C=O) groups is 2. The Bertz CT molecular complexity index is 1060. The molecular formula is C20H18FN5O3. The highest BCUT2D eigenvalue weighted by Gasteiger charge is 2.14. The Balaban J connectivity index is 1.87. The largest absolute Gasteiger partial charge is 0.439 e. The minimum atomic E-state index is -0.718. The first kappa shape index (κ1) is 19.9. The number of ketones is 1. The van der Waals surface area contributed by atoms with Crippen LogP contribution in [0.25, 0.3) is 11.4 Å². The van der Waals surface area contributed by atoms with Crippen molar-refractivity contribution in [3.8, 4) is 23.0 Å². The smallest absolute Gasteiger partial charge is 0.267 e. The molecule has 2 heterocycles. The SMILES string of the molecule is CC(=O)[C@H](C)Nc1cc(C(N)=O)nc(-c2ccc(Oc3cccc(F)n3)cc2)n1. The zero-order valence-corrected chi connectivity index (χ0v) is 15.7. The zero-order valence-electron chi connectivity index (χ0n) is 15.7. The van der Waals surface area contributed by atoms with Gasteiger partial charge in [0.15, 0.2) is 11.6 Å². The molecule has 0 unspecified atom stereocenters. The molecule has 2 aromatic heterocycles. The molecule has 0 aliphatic rings. The molecule has 29 heavy (non-hydrogen) atoms. The fourth-order valence-electron chi connectivity index (χ4n) is 2.34. The Labute approximate surface area is 166 Å². The standard InChI is InChI=1S/C20H18FN5O3/c1-11(12(2)27)23-17-10-15(19(22)28)24-20(26-17)13-6-8-14(9-7-13)29-18-5-3-4-16(21)25-18/h3-11H,1-2H3,(H2,22,28)(H,23,24,26)/t11-/m0/s1. The van der Waals surface area contributed by atoms with Gasteiger partial charge in [-0.3, -0.25) is 9.59 Å². The summed E-state index contributed by atoms with van der Waals surface area (Å²) in [5, 5.41) is 2.92. The van der Waals surface area contributed by atoms with Crippen molar-refractivity contribution in [1.29, 1.82) is 0 Å². The number of Topliss-reactive ketones (excluding diaryl/α,β-unsaturated/α-hetero) is 1. The molecule has 0 fully saturated rings. The van der Waals surface area contributed by atoms with Crippen LogP contribution in [0.5, 0.6) is 11.6 Å². The van der Waals surface area contributed by atoms with Gasteiger partial charge in [0, 0.05) is 17.7 Å². The van der Waals surface area contributed by atoms with Gasteiger partial charge >= 0.3 is 0 Å². The summed E-state index contributed by atoms with van der Waals surface area (Å²) in [5.74, 6) is -0.347. The van der Waals surface area contributed by atoms with Crippen LogP contribution < -0.4 is 15.8 Å². The van der Waals surface area contributed by atoms with Crippen molar-refractivity contribution < 1.29 is 18.7 Å². The highest BCUT2D eigenvalue weighted by Crippen LogP contribution is 2.24. The Morgan fingerprint density at radius 2 is 1.83 bits per heavy atom. The van der Waals surface area contributed by atoms with E-state index in [1.165, 1.54) is 31.2 Å². The van der Waals surface area contributed by atoms with Gasteiger partial charge < -0.3 is 15.8 Å². The number of carbonyl (C=O) groups excluding carboxylic acids is 2. The van der Waals surface area contributed by atoms with Gasteiger partial charge in [0.1, 0.15) is 17.3 Å². The number of halogens is 1. The first-order valence-electron chi connectivity index (χ1n) is 8.68. The topological polar surface area (TPSA) is 120 Å². The molecule has 1 amide bonds. The zero-order chi connectivity index (χ0) is 21.0. The third kappa shape index (κ3) is 5.10. The van der Waals surface area contributed by atoms with Crippen LogP contribution in [0, 0.1) is 5.95 Å². The molecule has 0 saturated carbocycles. The van der Waals surface area contributed by atoms with Crippen molar-refractivity contribution >= 4 is 17.5 Å². The maximum atomic E-state index is 13.2. The monoisotopic (exact) mass is 395 g/mol. The first-order valence-corrected chi connectivity index (χ1v) is 8.68. The summed E-state index contributed by atoms with van der Waals surface area (Å²) < 4.78 is 18.7. The molecule has 0 saturated heterocycles. The lowest BCUT2D eigenvalue weighted by Gasteiger charge is -2.13. The summed E-state index contributed by atoms with van der Waals surface area (Å²) in [6, 6.07) is 11.8. The van der Waals surface area contributed by atoms with Gasteiger partial charge in [0.05, 0.1) is 6.04 Å². The quantitative estimate of drug-likeness (QED) is 0.590. The number of aromatic nitrogens is 3. The average Bonchev–Trinajstić information content (AvgIpc) is 2.68. The number of hydrogen-bond acceptors (Lipinski definition) is 7. The maximum Gasteiger partial charge on any atom is 0.267 e. The lowest BCUT2D eigenvalue weighted by molar-refractivity contribution is -0.117. The molecule has 3 N–H and O–H groups in total. The molecular weight excluding hydrogens is 377 g/mol. The number of pyridine rings is 1. The average molecular weight is 395 g/mol. The predicted octanol–water partition coefficient (Wildman–Crippen LogP) is 2.96. The molecule has 1 atom stereocenters. The van der Waals surface area contributed by atoms with Gasteiger partial charge in [-0.2, -0.15) is 9.37 Å². The van der Waals surface area contributed by atoms with Crippen molar-refractivity contribution in [3.05, 3.63) is 60.2 Å². The molecule has 8 nitrogen and oxygen atoms in total. The molecule has 0 radical (unpaired) electrons. The second kappa shape index (κ2) is 8.42. The van der Waals surface area contributed by atoms with Gasteiger partial charge in [-0.15, -0.1) is 0 Å². The molecule has 148 valence electrons. The van der Waals surface area contributed by atoms with E-state index in [1.807, 2.05) is 0 Å². The van der Waals surface area contributed by atoms with Gasteiger partial charge in [-0.1, -0.05) is 6.07 Å². The van der Waals surface area contributed by atoms with E-state index in [2.05, 4.69) is 20.3 Å². The minimum absolute atomic E-state index is 0.0116. The van der Waals surface area contributed by atoms with E-state index in [1.54, 1.807) is 31.2 Å². The molecule has 0 bridgehead atoms. The number of ether oxygens (including phenoxy) is 1. The van der Waals surface area contributed by atoms with Crippen molar-refractivity contribution in [2.45, 2.75) is 19.9 Å². The number of benzene rings is 1. The van der Waals surface area contributed by atoms with Crippen LogP contribution in [0.15, 0.2) is 48.5 Å². The van der Waals surface area contributed by atoms with Crippen molar-refractivity contribution in [2.24, 2.45) is 5.73 Å². The van der Waals surface area contributed by atoms with Crippen LogP contribution in [-0.2, 0) is 4.79 Å². The van der Waals surface area contributed by atoms with Gasteiger partial charge in [0.2, 0.25) is 11.8 Å². The van der Waals surface area contributed by atoms with Gasteiger partial charge in [0.25, 0.3) is 5.91 Å². The van der Waals surface area contributed by atoms with Crippen molar-refractivity contribution in [2.75, 3.05) is 5.32 Å². The fraction of sp³-hybridized carbons (Fsp3) is 0.150. The maximum absolute atomic E-state index is 13.2. The minimum Gasteiger partial charge on any atom is -0.439 e. The summed E-state index contributed by atoms with van der Waals surface area (Å²) in [4.78, 5) is 35.3. The number of nitrogens with two attached hydrogens (primary N) is 1. The lowest BCUT2D eigenvalue weighted by Crippen LogP contribution is -2.25. The van der Waals surface area contributed by atoms with E-state index in [4.69, 9.17) is 10.5 Å². The summed E-state index contributed by atoms with van der Waals surface area (Å²) in [6.45, 7) is 3.13. The molecule has 3 aromatic rings. The van der Waals surface area contributed by atoms with Crippen LogP contribution >= 0.6 is 0 Å². The first-order chi connectivity index (χ1) is 13.8. The highest BCUT2D eigenvalue weighted by molar-refractivity contribution is 5.92. The number of primary amides is 1. The third-order valence-electron chi connectivity index (χ3n) is 3.98. The number of nitrogens with zero attached hydrogens (tertiary/aromatic N) is 3. The summed E-state index contributed by atoms with van der Waals surface area (Å²) in [7, 11) is 0. The number of rotatable bonds is 7. The van der Waals surface area contributed by atoms with E-state index in [0.29, 0.717) is 17.1 Å². The van der Waals surface area contributed by atoms with E-state index in [-0.39, 0.29) is 23.2 Å². The Morgan fingerprint density at radius 1 is 1.10 bits per heavy atom. The van der Waals surface area contributed by atoms with Crippen LogP contribution in [-0.4, -0.2) is 32.7 Å². The highest BCUT2D eigenvalue weighted by atomic mass is 19.1. The summed E-state index contributed by atoms with van der Waals surface area (Å²) in [6.07, 6.45) is 0. The molecule has 3 rings (SSSR count). The normalized spacial score (nSPS) is 11.6. The van der Waals surface area contributed by atoms with E-state index < -0.39 is 17.9 Å². The summed E-state index contributed by atoms with van der Waals surface area (Å²) in [5.41, 5.74) is 5.96. The van der Waals surface area contributed by atoms with E-state index in [9.17, 15) is 14.0 Å². The number of nitrogens with one attached hydrogen (secondary N) is 1. The van der Waals surface area contributed by atoms with Crippen molar-refractivity contribution in [1.82, 2.24) is 15.0 Å². The molecule has 0 aliphatic heterocycles. The number of anilines is 1. The van der Waals surface area contributed by atoms with E-state index in [0.717, 1.165) is 0 Å². The fourth-order valence-corrected chi connectivity index (χ4v) is 2.34. The van der Waals surface area contributed by atoms with Crippen LogP contribution in [0.3, 0.4) is 0 Å². The molecule has 0 spiro atoms. The molecule has 1 aromatic carbocycles. The number of amides is 1. The van der Waals surface area contributed by atoms with Gasteiger partial charge in [-0.05, 0) is 44.2 Å². The van der Waals surface area contributed by atoms with Crippen LogP contribution in [0.1, 0.15) is 24.3 Å². The lowest BCUT2D eigenvalue weighted by atomic mass is 10.2. The molecule has 0 aliphatic carbocycles. The van der Waals surface area contributed by atoms with Crippen LogP contribution in [0.2, 0.25) is 0 Å². The predicted molar refractivity (Wildman–Crippen MR) is 104 cm³/mol.